The van der Waals surface area contributed by atoms with Crippen molar-refractivity contribution < 1.29 is 24.2 Å². The van der Waals surface area contributed by atoms with Crippen LogP contribution in [0.3, 0.4) is 0 Å². The van der Waals surface area contributed by atoms with Crippen molar-refractivity contribution in [3.8, 4) is 5.75 Å². The quantitative estimate of drug-likeness (QED) is 0.565. The molecule has 0 aromatic heterocycles. The van der Waals surface area contributed by atoms with E-state index < -0.39 is 8.03 Å². The predicted octanol–water partition coefficient (Wildman–Crippen LogP) is 1.84. The van der Waals surface area contributed by atoms with Crippen LogP contribution in [0, 0.1) is 0 Å². The van der Waals surface area contributed by atoms with Crippen molar-refractivity contribution in [2.75, 3.05) is 19.3 Å². The topological polar surface area (TPSA) is 87.1 Å². The van der Waals surface area contributed by atoms with Gasteiger partial charge in [0.05, 0.1) is 13.2 Å². The van der Waals surface area contributed by atoms with Gasteiger partial charge in [0.1, 0.15) is 5.75 Å². The Kier molecular flexibility index (Phi) is 7.15. The molecule has 2 N–H and O–H groups in total. The van der Waals surface area contributed by atoms with Gasteiger partial charge in [-0.25, -0.2) is 5.06 Å². The summed E-state index contributed by atoms with van der Waals surface area (Å²) in [6.07, 6.45) is 1.18. The second-order valence-corrected chi connectivity index (χ2v) is 5.45. The van der Waals surface area contributed by atoms with Gasteiger partial charge in [0, 0.05) is 13.3 Å². The first-order valence-corrected chi connectivity index (χ1v) is 7.71. The molecule has 0 saturated carbocycles. The zero-order valence-electron chi connectivity index (χ0n) is 11.4. The van der Waals surface area contributed by atoms with Gasteiger partial charge in [-0.2, -0.15) is 4.89 Å². The lowest BCUT2D eigenvalue weighted by atomic mass is 10.1. The molecule has 0 spiro atoms. The van der Waals surface area contributed by atoms with E-state index in [2.05, 4.69) is 0 Å². The Hall–Kier alpha value is -1.49. The summed E-state index contributed by atoms with van der Waals surface area (Å²) in [7, 11) is -2.17. The highest BCUT2D eigenvalue weighted by Gasteiger charge is 2.14. The normalized spacial score (nSPS) is 11.2. The summed E-state index contributed by atoms with van der Waals surface area (Å²) >= 11 is 0. The summed E-state index contributed by atoms with van der Waals surface area (Å²) in [5.41, 5.74) is 0.990. The molecular weight excluding hydrogens is 281 g/mol. The minimum atomic E-state index is -2.17. The second kappa shape index (κ2) is 8.64. The van der Waals surface area contributed by atoms with E-state index in [-0.39, 0.29) is 17.8 Å². The van der Waals surface area contributed by atoms with Crippen molar-refractivity contribution in [1.82, 2.24) is 5.06 Å². The molecule has 0 saturated heterocycles. The summed E-state index contributed by atoms with van der Waals surface area (Å²) in [6, 6.07) is 6.76. The maximum Gasteiger partial charge on any atom is 0.505 e. The first kappa shape index (κ1) is 16.6. The Labute approximate surface area is 118 Å². The molecule has 1 unspecified atom stereocenters. The van der Waals surface area contributed by atoms with Crippen LogP contribution in [0.25, 0.3) is 0 Å². The molecule has 0 bridgehead atoms. The molecule has 20 heavy (non-hydrogen) atoms. The molecule has 1 rings (SSSR count). The molecule has 7 heteroatoms. The lowest BCUT2D eigenvalue weighted by Gasteiger charge is -2.19. The molecule has 1 atom stereocenters. The fraction of sp³-hybridized carbons (Fsp3) is 0.462. The monoisotopic (exact) mass is 300 g/mol. The van der Waals surface area contributed by atoms with Crippen molar-refractivity contribution in [3.63, 3.8) is 0 Å². The van der Waals surface area contributed by atoms with E-state index in [4.69, 9.17) is 14.8 Å². The molecule has 0 fully saturated rings. The number of hydrogen-bond donors (Lipinski definition) is 2. The van der Waals surface area contributed by atoms with E-state index >= 15 is 0 Å². The average Bonchev–Trinajstić information content (AvgIpc) is 2.38. The van der Waals surface area contributed by atoms with Crippen molar-refractivity contribution in [1.29, 1.82) is 0 Å². The van der Waals surface area contributed by atoms with Gasteiger partial charge in [-0.15, -0.1) is 0 Å². The van der Waals surface area contributed by atoms with Crippen molar-refractivity contribution in [3.05, 3.63) is 29.8 Å². The van der Waals surface area contributed by atoms with Gasteiger partial charge >= 0.3 is 8.03 Å². The maximum atomic E-state index is 11.3. The number of phenolic OH excluding ortho intramolecular Hbond substituents is 1. The van der Waals surface area contributed by atoms with Gasteiger partial charge in [0.15, 0.2) is 6.16 Å². The van der Waals surface area contributed by atoms with Crippen LogP contribution in [0.4, 0.5) is 0 Å². The Morgan fingerprint density at radius 2 is 2.00 bits per heavy atom. The van der Waals surface area contributed by atoms with Crippen LogP contribution in [-0.4, -0.2) is 40.3 Å². The van der Waals surface area contributed by atoms with E-state index in [1.54, 1.807) is 24.3 Å². The number of carbonyl (C=O) groups excluding carboxylic acids is 1. The smallest absolute Gasteiger partial charge is 0.505 e. The highest BCUT2D eigenvalue weighted by Crippen LogP contribution is 2.14. The first-order chi connectivity index (χ1) is 9.49. The number of hydroxylamine groups is 2. The van der Waals surface area contributed by atoms with E-state index in [1.807, 2.05) is 0 Å². The van der Waals surface area contributed by atoms with E-state index in [1.165, 1.54) is 12.0 Å². The predicted molar refractivity (Wildman–Crippen MR) is 74.5 cm³/mol. The van der Waals surface area contributed by atoms with Crippen LogP contribution >= 0.6 is 8.03 Å². The van der Waals surface area contributed by atoms with E-state index in [0.29, 0.717) is 26.0 Å². The molecule has 0 aliphatic rings. The van der Waals surface area contributed by atoms with Gasteiger partial charge in [-0.3, -0.25) is 9.63 Å². The number of hydrogen-bond acceptors (Lipinski definition) is 4. The van der Waals surface area contributed by atoms with Crippen molar-refractivity contribution >= 4 is 13.9 Å². The standard InChI is InChI=1S/C13H18NO5P/c1-11(15)14(8-2-10-20(17)18)19-9-7-12-3-5-13(16)6-4-12/h3-6H,2,7-10H2,1H3,(H-,16,17,18)/p+1. The van der Waals surface area contributed by atoms with Gasteiger partial charge in [-0.1, -0.05) is 12.1 Å². The number of nitrogens with zero attached hydrogens (tertiary/aromatic N) is 1. The number of carbonyl (C=O) groups is 1. The van der Waals surface area contributed by atoms with Gasteiger partial charge < -0.3 is 5.11 Å². The van der Waals surface area contributed by atoms with Crippen LogP contribution in [0.15, 0.2) is 24.3 Å². The van der Waals surface area contributed by atoms with Crippen LogP contribution in [0.5, 0.6) is 5.75 Å². The molecule has 1 aromatic carbocycles. The zero-order valence-corrected chi connectivity index (χ0v) is 12.3. The summed E-state index contributed by atoms with van der Waals surface area (Å²) in [6.45, 7) is 2.02. The number of amides is 1. The molecule has 110 valence electrons. The fourth-order valence-corrected chi connectivity index (χ4v) is 2.01. The summed E-state index contributed by atoms with van der Waals surface area (Å²) in [5.74, 6) is -0.0259. The Bertz CT molecular complexity index is 449. The highest BCUT2D eigenvalue weighted by molar-refractivity contribution is 7.37. The van der Waals surface area contributed by atoms with Crippen LogP contribution in [-0.2, 0) is 20.6 Å². The average molecular weight is 300 g/mol. The number of benzene rings is 1. The van der Waals surface area contributed by atoms with Gasteiger partial charge in [-0.05, 0) is 28.7 Å². The van der Waals surface area contributed by atoms with Gasteiger partial charge in [0.25, 0.3) is 0 Å². The Balaban J connectivity index is 2.33. The van der Waals surface area contributed by atoms with E-state index in [0.717, 1.165) is 5.56 Å². The fourth-order valence-electron chi connectivity index (χ4n) is 1.60. The Morgan fingerprint density at radius 3 is 2.55 bits per heavy atom. The molecule has 0 radical (unpaired) electrons. The minimum Gasteiger partial charge on any atom is -0.508 e. The third kappa shape index (κ3) is 6.61. The number of rotatable bonds is 8. The van der Waals surface area contributed by atoms with Crippen LogP contribution in [0.2, 0.25) is 0 Å². The zero-order chi connectivity index (χ0) is 15.0. The summed E-state index contributed by atoms with van der Waals surface area (Å²) < 4.78 is 10.6. The summed E-state index contributed by atoms with van der Waals surface area (Å²) in [5, 5.41) is 10.4. The molecule has 6 nitrogen and oxygen atoms in total. The molecule has 0 heterocycles. The minimum absolute atomic E-state index is 0.153. The first-order valence-electron chi connectivity index (χ1n) is 6.31. The SMILES string of the molecule is CC(=O)N(CCC[P+](=O)O)OCCc1ccc(O)cc1. The third-order valence-corrected chi connectivity index (χ3v) is 3.33. The van der Waals surface area contributed by atoms with Crippen molar-refractivity contribution in [2.45, 2.75) is 19.8 Å². The van der Waals surface area contributed by atoms with E-state index in [9.17, 15) is 9.36 Å². The third-order valence-electron chi connectivity index (χ3n) is 2.64. The van der Waals surface area contributed by atoms with Crippen LogP contribution in [0.1, 0.15) is 18.9 Å². The second-order valence-electron chi connectivity index (χ2n) is 4.30. The molecule has 1 aromatic rings. The lowest BCUT2D eigenvalue weighted by molar-refractivity contribution is -0.183. The van der Waals surface area contributed by atoms with Gasteiger partial charge in [0.2, 0.25) is 5.91 Å². The molecule has 1 amide bonds. The largest absolute Gasteiger partial charge is 0.508 e. The highest BCUT2D eigenvalue weighted by atomic mass is 31.1. The molecule has 0 aliphatic heterocycles. The van der Waals surface area contributed by atoms with Crippen molar-refractivity contribution in [2.24, 2.45) is 0 Å². The number of aromatic hydroxyl groups is 1. The number of phenols is 1. The molecular formula is C13H19NO5P+. The van der Waals surface area contributed by atoms with Crippen LogP contribution < -0.4 is 0 Å². The summed E-state index contributed by atoms with van der Waals surface area (Å²) in [4.78, 5) is 25.4. The lowest BCUT2D eigenvalue weighted by Crippen LogP contribution is -2.31. The molecule has 0 aliphatic carbocycles. The maximum absolute atomic E-state index is 11.3. The Morgan fingerprint density at radius 1 is 1.35 bits per heavy atom.